The van der Waals surface area contributed by atoms with Crippen LogP contribution in [0.15, 0.2) is 138 Å². The van der Waals surface area contributed by atoms with Gasteiger partial charge in [-0.15, -0.1) is 0 Å². The average Bonchev–Trinajstić information content (AvgIpc) is 3.47. The molecule has 0 radical (unpaired) electrons. The lowest BCUT2D eigenvalue weighted by Crippen LogP contribution is -2.23. The average molecular weight is 559 g/mol. The molecule has 2 aromatic heterocycles. The summed E-state index contributed by atoms with van der Waals surface area (Å²) in [6.45, 7) is 0. The Balaban J connectivity index is 1.44. The maximum absolute atomic E-state index is 15.7. The van der Waals surface area contributed by atoms with E-state index in [1.807, 2.05) is 72.8 Å². The van der Waals surface area contributed by atoms with Gasteiger partial charge in [-0.3, -0.25) is 4.79 Å². The Kier molecular flexibility index (Phi) is 5.72. The fourth-order valence-electron chi connectivity index (χ4n) is 5.83. The van der Waals surface area contributed by atoms with Crippen molar-refractivity contribution in [3.05, 3.63) is 150 Å². The van der Waals surface area contributed by atoms with Gasteiger partial charge in [0.15, 0.2) is 5.82 Å². The molecule has 0 unspecified atom stereocenters. The molecular weight excluding hydrogens is 535 g/mol. The zero-order chi connectivity index (χ0) is 28.9. The molecule has 1 N–H and O–H groups in total. The second kappa shape index (κ2) is 9.89. The minimum absolute atomic E-state index is 0.184. The van der Waals surface area contributed by atoms with Crippen molar-refractivity contribution in [3.8, 4) is 39.6 Å². The van der Waals surface area contributed by atoms with E-state index < -0.39 is 5.82 Å². The topological polar surface area (TPSA) is 63.6 Å². The lowest BCUT2D eigenvalue weighted by Gasteiger charge is -2.14. The Morgan fingerprint density at radius 3 is 1.98 bits per heavy atom. The summed E-state index contributed by atoms with van der Waals surface area (Å²) in [6.07, 6.45) is 0. The molecule has 6 aromatic carbocycles. The summed E-state index contributed by atoms with van der Waals surface area (Å²) >= 11 is 0. The van der Waals surface area contributed by atoms with Gasteiger partial charge in [-0.1, -0.05) is 103 Å². The van der Waals surface area contributed by atoms with E-state index in [-0.39, 0.29) is 22.9 Å². The van der Waals surface area contributed by atoms with Crippen LogP contribution < -0.4 is 5.56 Å². The minimum Gasteiger partial charge on any atom is -0.323 e. The number of benzene rings is 6. The first-order valence-corrected chi connectivity index (χ1v) is 14.0. The Morgan fingerprint density at radius 2 is 1.23 bits per heavy atom. The summed E-state index contributed by atoms with van der Waals surface area (Å²) in [6, 6.07) is 42.2. The number of para-hydroxylation sites is 1. The molecule has 0 fully saturated rings. The fraction of sp³-hybridized carbons (Fsp3) is 0. The Bertz CT molecular complexity index is 2300. The number of aromatic amines is 1. The Morgan fingerprint density at radius 1 is 0.605 bits per heavy atom. The van der Waals surface area contributed by atoms with E-state index in [0.717, 1.165) is 33.2 Å². The van der Waals surface area contributed by atoms with Crippen LogP contribution in [0.2, 0.25) is 0 Å². The molecule has 2 heterocycles. The Labute approximate surface area is 245 Å². The molecule has 5 nitrogen and oxygen atoms in total. The largest absolute Gasteiger partial charge is 0.323 e. The first kappa shape index (κ1) is 24.9. The van der Waals surface area contributed by atoms with E-state index in [4.69, 9.17) is 9.97 Å². The van der Waals surface area contributed by atoms with Crippen molar-refractivity contribution in [1.29, 1.82) is 0 Å². The van der Waals surface area contributed by atoms with Gasteiger partial charge in [0.05, 0.1) is 27.5 Å². The fourth-order valence-corrected chi connectivity index (χ4v) is 5.83. The van der Waals surface area contributed by atoms with Crippen LogP contribution in [0.25, 0.3) is 72.3 Å². The van der Waals surface area contributed by atoms with Crippen molar-refractivity contribution in [2.45, 2.75) is 0 Å². The summed E-state index contributed by atoms with van der Waals surface area (Å²) in [5.41, 5.74) is 5.98. The Hall–Kier alpha value is -5.88. The molecule has 8 aromatic rings. The summed E-state index contributed by atoms with van der Waals surface area (Å²) < 4.78 is 17.1. The number of nitrogens with zero attached hydrogens (tertiary/aromatic N) is 3. The molecule has 0 aliphatic heterocycles. The second-order valence-electron chi connectivity index (χ2n) is 10.4. The quantitative estimate of drug-likeness (QED) is 0.235. The third-order valence-electron chi connectivity index (χ3n) is 7.87. The first-order valence-electron chi connectivity index (χ1n) is 14.0. The van der Waals surface area contributed by atoms with Gasteiger partial charge in [-0.25, -0.2) is 18.9 Å². The predicted molar refractivity (Wildman–Crippen MR) is 171 cm³/mol. The third kappa shape index (κ3) is 4.11. The SMILES string of the molecule is O=c1c2ccccc2nc(-c2c(F)ccc3ccccc23)n1-c1nc2cc(-c3ccccc3)c(-c3ccccc3)cc2[nH]1. The molecule has 0 saturated heterocycles. The van der Waals surface area contributed by atoms with E-state index in [2.05, 4.69) is 35.3 Å². The number of hydrogen-bond acceptors (Lipinski definition) is 3. The molecule has 0 spiro atoms. The molecule has 0 aliphatic carbocycles. The van der Waals surface area contributed by atoms with Crippen molar-refractivity contribution in [3.63, 3.8) is 0 Å². The molecule has 43 heavy (non-hydrogen) atoms. The number of H-pyrrole nitrogens is 1. The minimum atomic E-state index is -0.469. The molecule has 0 atom stereocenters. The number of nitrogens with one attached hydrogen (secondary N) is 1. The maximum Gasteiger partial charge on any atom is 0.268 e. The normalized spacial score (nSPS) is 11.5. The van der Waals surface area contributed by atoms with Crippen LogP contribution in [0, 0.1) is 5.82 Å². The van der Waals surface area contributed by atoms with Crippen molar-refractivity contribution in [1.82, 2.24) is 19.5 Å². The first-order chi connectivity index (χ1) is 21.2. The van der Waals surface area contributed by atoms with Gasteiger partial charge in [0.1, 0.15) is 5.82 Å². The second-order valence-corrected chi connectivity index (χ2v) is 10.4. The van der Waals surface area contributed by atoms with Gasteiger partial charge in [-0.2, -0.15) is 0 Å². The van der Waals surface area contributed by atoms with E-state index in [0.29, 0.717) is 21.8 Å². The van der Waals surface area contributed by atoms with Gasteiger partial charge in [-0.05, 0) is 63.4 Å². The van der Waals surface area contributed by atoms with Crippen molar-refractivity contribution >= 4 is 32.7 Å². The number of hydrogen-bond donors (Lipinski definition) is 1. The zero-order valence-electron chi connectivity index (χ0n) is 22.8. The van der Waals surface area contributed by atoms with Crippen LogP contribution in [-0.4, -0.2) is 19.5 Å². The summed E-state index contributed by atoms with van der Waals surface area (Å²) in [5.74, 6) is -0.0168. The van der Waals surface area contributed by atoms with Crippen molar-refractivity contribution < 1.29 is 4.39 Å². The molecule has 0 amide bonds. The maximum atomic E-state index is 15.7. The number of rotatable bonds is 4. The lowest BCUT2D eigenvalue weighted by molar-refractivity contribution is 0.630. The van der Waals surface area contributed by atoms with E-state index in [1.54, 1.807) is 24.3 Å². The molecule has 0 aliphatic rings. The standard InChI is InChI=1S/C37H23FN4O/c38-30-20-19-25-15-7-8-16-26(25)34(30)35-39-31-18-10-9-17-27(31)36(43)42(35)37-40-32-21-28(23-11-3-1-4-12-23)29(22-33(32)41-37)24-13-5-2-6-14-24/h1-22H,(H,40,41). The van der Waals surface area contributed by atoms with E-state index >= 15 is 4.39 Å². The molecule has 8 rings (SSSR count). The predicted octanol–water partition coefficient (Wildman–Crippen LogP) is 8.56. The molecule has 0 saturated carbocycles. The number of halogens is 1. The molecule has 0 bridgehead atoms. The highest BCUT2D eigenvalue weighted by molar-refractivity contribution is 5.97. The summed E-state index contributed by atoms with van der Waals surface area (Å²) in [5, 5.41) is 1.92. The smallest absolute Gasteiger partial charge is 0.268 e. The van der Waals surface area contributed by atoms with Crippen LogP contribution in [-0.2, 0) is 0 Å². The highest BCUT2D eigenvalue weighted by atomic mass is 19.1. The summed E-state index contributed by atoms with van der Waals surface area (Å²) in [4.78, 5) is 27.3. The van der Waals surface area contributed by atoms with E-state index in [1.165, 1.54) is 10.6 Å². The van der Waals surface area contributed by atoms with Gasteiger partial charge < -0.3 is 4.98 Å². The van der Waals surface area contributed by atoms with Gasteiger partial charge in [0, 0.05) is 0 Å². The zero-order valence-corrected chi connectivity index (χ0v) is 22.8. The van der Waals surface area contributed by atoms with Gasteiger partial charge in [0.2, 0.25) is 5.95 Å². The third-order valence-corrected chi connectivity index (χ3v) is 7.87. The highest BCUT2D eigenvalue weighted by Gasteiger charge is 2.22. The van der Waals surface area contributed by atoms with Crippen molar-refractivity contribution in [2.75, 3.05) is 0 Å². The number of fused-ring (bicyclic) bond motifs is 3. The van der Waals surface area contributed by atoms with E-state index in [9.17, 15) is 4.79 Å². The van der Waals surface area contributed by atoms with Gasteiger partial charge >= 0.3 is 0 Å². The molecular formula is C37H23FN4O. The van der Waals surface area contributed by atoms with Crippen molar-refractivity contribution in [2.24, 2.45) is 0 Å². The van der Waals surface area contributed by atoms with Crippen LogP contribution in [0.5, 0.6) is 0 Å². The highest BCUT2D eigenvalue weighted by Crippen LogP contribution is 2.36. The van der Waals surface area contributed by atoms with Gasteiger partial charge in [0.25, 0.3) is 5.56 Å². The summed E-state index contributed by atoms with van der Waals surface area (Å²) in [7, 11) is 0. The monoisotopic (exact) mass is 558 g/mol. The lowest BCUT2D eigenvalue weighted by atomic mass is 9.94. The van der Waals surface area contributed by atoms with Crippen LogP contribution in [0.4, 0.5) is 4.39 Å². The van der Waals surface area contributed by atoms with Crippen LogP contribution in [0.3, 0.4) is 0 Å². The van der Waals surface area contributed by atoms with Crippen LogP contribution >= 0.6 is 0 Å². The molecule has 6 heteroatoms. The number of aromatic nitrogens is 4. The molecule has 204 valence electrons. The van der Waals surface area contributed by atoms with Crippen LogP contribution in [0.1, 0.15) is 0 Å². The number of imidazole rings is 1.